The van der Waals surface area contributed by atoms with Gasteiger partial charge < -0.3 is 15.6 Å². The second-order valence-electron chi connectivity index (χ2n) is 8.22. The predicted octanol–water partition coefficient (Wildman–Crippen LogP) is 4.39. The van der Waals surface area contributed by atoms with Crippen LogP contribution in [0.4, 0.5) is 10.1 Å². The molecule has 0 saturated heterocycles. The van der Waals surface area contributed by atoms with Crippen LogP contribution in [-0.4, -0.2) is 42.1 Å². The Hall–Kier alpha value is -3.78. The molecule has 1 amide bonds. The van der Waals surface area contributed by atoms with Gasteiger partial charge in [-0.05, 0) is 54.0 Å². The van der Waals surface area contributed by atoms with Crippen LogP contribution in [-0.2, 0) is 11.3 Å². The van der Waals surface area contributed by atoms with Gasteiger partial charge in [0.2, 0.25) is 0 Å². The number of aromatic amines is 1. The molecule has 2 aliphatic rings. The Morgan fingerprint density at radius 1 is 1.21 bits per heavy atom. The largest absolute Gasteiger partial charge is 0.359 e. The summed E-state index contributed by atoms with van der Waals surface area (Å²) in [5.41, 5.74) is 6.94. The van der Waals surface area contributed by atoms with E-state index >= 15 is 0 Å². The number of halogens is 1. The van der Waals surface area contributed by atoms with Crippen molar-refractivity contribution in [2.24, 2.45) is 10.3 Å². The highest BCUT2D eigenvalue weighted by Crippen LogP contribution is 2.40. The molecule has 3 aromatic rings. The third kappa shape index (κ3) is 4.42. The van der Waals surface area contributed by atoms with Gasteiger partial charge in [-0.1, -0.05) is 29.5 Å². The minimum atomic E-state index is -0.289. The Morgan fingerprint density at radius 2 is 2.06 bits per heavy atom. The summed E-state index contributed by atoms with van der Waals surface area (Å²) in [6.45, 7) is 5.90. The molecule has 1 aromatic heterocycles. The maximum atomic E-state index is 13.5. The molecule has 0 unspecified atom stereocenters. The van der Waals surface area contributed by atoms with E-state index in [9.17, 15) is 9.18 Å². The van der Waals surface area contributed by atoms with Crippen molar-refractivity contribution >= 4 is 23.2 Å². The number of amides is 1. The molecule has 7 nitrogen and oxygen atoms in total. The summed E-state index contributed by atoms with van der Waals surface area (Å²) in [7, 11) is 0. The number of rotatable bonds is 7. The number of aromatic nitrogens is 1. The van der Waals surface area contributed by atoms with Crippen molar-refractivity contribution in [1.29, 1.82) is 0 Å². The van der Waals surface area contributed by atoms with Crippen LogP contribution >= 0.6 is 0 Å². The first-order valence-corrected chi connectivity index (χ1v) is 11.0. The van der Waals surface area contributed by atoms with Gasteiger partial charge in [0.15, 0.2) is 0 Å². The lowest BCUT2D eigenvalue weighted by Gasteiger charge is -2.12. The average molecular weight is 445 g/mol. The molecule has 8 heteroatoms. The monoisotopic (exact) mass is 444 g/mol. The Kier molecular flexibility index (Phi) is 5.75. The molecule has 168 valence electrons. The highest BCUT2D eigenvalue weighted by molar-refractivity contribution is 6.36. The topological polar surface area (TPSA) is 84.9 Å². The fourth-order valence-electron chi connectivity index (χ4n) is 4.27. The number of nitrogens with zero attached hydrogens (tertiary/aromatic N) is 3. The van der Waals surface area contributed by atoms with Crippen LogP contribution in [0.1, 0.15) is 22.5 Å². The van der Waals surface area contributed by atoms with Gasteiger partial charge >= 0.3 is 0 Å². The standard InChI is InChI=1S/C25H25FN6O/c1-16-13-18(15-27-9-11-32-12-10-28-31-32)23(29-16)14-21-24-20(17-5-7-19(26)8-6-17)3-2-4-22(24)30-25(21)33/h2-8,13-14,27,29H,9-12,15H2,1H3,(H,30,33). The van der Waals surface area contributed by atoms with Crippen LogP contribution in [0.25, 0.3) is 22.8 Å². The average Bonchev–Trinajstić information content (AvgIpc) is 3.52. The Morgan fingerprint density at radius 3 is 2.85 bits per heavy atom. The molecular weight excluding hydrogens is 419 g/mol. The van der Waals surface area contributed by atoms with Gasteiger partial charge in [-0.2, -0.15) is 5.11 Å². The third-order valence-electron chi connectivity index (χ3n) is 5.85. The van der Waals surface area contributed by atoms with Crippen molar-refractivity contribution in [3.05, 3.63) is 76.9 Å². The fraction of sp³-hybridized carbons (Fsp3) is 0.240. The summed E-state index contributed by atoms with van der Waals surface area (Å²) in [5, 5.41) is 16.4. The predicted molar refractivity (Wildman–Crippen MR) is 127 cm³/mol. The lowest BCUT2D eigenvalue weighted by atomic mass is 9.94. The molecule has 0 fully saturated rings. The van der Waals surface area contributed by atoms with Crippen LogP contribution < -0.4 is 10.6 Å². The minimum Gasteiger partial charge on any atom is -0.359 e. The zero-order valence-corrected chi connectivity index (χ0v) is 18.4. The third-order valence-corrected chi connectivity index (χ3v) is 5.85. The first-order chi connectivity index (χ1) is 16.1. The highest BCUT2D eigenvalue weighted by atomic mass is 19.1. The van der Waals surface area contributed by atoms with E-state index in [1.165, 1.54) is 12.1 Å². The molecule has 2 aromatic carbocycles. The molecule has 2 aliphatic heterocycles. The summed E-state index contributed by atoms with van der Waals surface area (Å²) in [6.07, 6.45) is 1.91. The van der Waals surface area contributed by atoms with Crippen molar-refractivity contribution in [3.8, 4) is 11.1 Å². The highest BCUT2D eigenvalue weighted by Gasteiger charge is 2.27. The number of carbonyl (C=O) groups is 1. The molecule has 0 bridgehead atoms. The molecule has 3 heterocycles. The van der Waals surface area contributed by atoms with Gasteiger partial charge in [0.25, 0.3) is 5.91 Å². The van der Waals surface area contributed by atoms with Crippen LogP contribution in [0, 0.1) is 12.7 Å². The molecule has 0 radical (unpaired) electrons. The number of hydrogen-bond acceptors (Lipinski definition) is 5. The lowest BCUT2D eigenvalue weighted by molar-refractivity contribution is -0.110. The molecule has 0 atom stereocenters. The van der Waals surface area contributed by atoms with E-state index in [2.05, 4.69) is 32.0 Å². The van der Waals surface area contributed by atoms with Gasteiger partial charge in [-0.3, -0.25) is 9.80 Å². The van der Waals surface area contributed by atoms with E-state index in [4.69, 9.17) is 0 Å². The van der Waals surface area contributed by atoms with Crippen molar-refractivity contribution < 1.29 is 9.18 Å². The summed E-state index contributed by atoms with van der Waals surface area (Å²) >= 11 is 0. The van der Waals surface area contributed by atoms with E-state index in [1.54, 1.807) is 12.1 Å². The normalized spacial score (nSPS) is 16.0. The van der Waals surface area contributed by atoms with Crippen LogP contribution in [0.15, 0.2) is 58.9 Å². The Labute approximate surface area is 191 Å². The molecule has 3 N–H and O–H groups in total. The zero-order valence-electron chi connectivity index (χ0n) is 18.4. The summed E-state index contributed by atoms with van der Waals surface area (Å²) in [6, 6.07) is 14.2. The van der Waals surface area contributed by atoms with E-state index < -0.39 is 0 Å². The number of aryl methyl sites for hydroxylation is 1. The number of carbonyl (C=O) groups excluding carboxylic acids is 1. The maximum Gasteiger partial charge on any atom is 0.256 e. The van der Waals surface area contributed by atoms with Gasteiger partial charge in [0.05, 0.1) is 25.2 Å². The number of nitrogens with one attached hydrogen (secondary N) is 3. The Bertz CT molecular complexity index is 1240. The van der Waals surface area contributed by atoms with Crippen LogP contribution in [0.3, 0.4) is 0 Å². The minimum absolute atomic E-state index is 0.148. The molecule has 0 saturated carbocycles. The van der Waals surface area contributed by atoms with Gasteiger partial charge in [0.1, 0.15) is 5.82 Å². The molecule has 0 spiro atoms. The van der Waals surface area contributed by atoms with E-state index in [0.717, 1.165) is 65.5 Å². The van der Waals surface area contributed by atoms with Crippen molar-refractivity contribution in [1.82, 2.24) is 15.3 Å². The molecule has 5 rings (SSSR count). The number of hydrogen-bond donors (Lipinski definition) is 3. The van der Waals surface area contributed by atoms with Crippen molar-refractivity contribution in [2.45, 2.75) is 13.5 Å². The number of fused-ring (bicyclic) bond motifs is 1. The van der Waals surface area contributed by atoms with Gasteiger partial charge in [-0.25, -0.2) is 4.39 Å². The zero-order chi connectivity index (χ0) is 22.8. The van der Waals surface area contributed by atoms with Crippen LogP contribution in [0.5, 0.6) is 0 Å². The smallest absolute Gasteiger partial charge is 0.256 e. The van der Waals surface area contributed by atoms with E-state index in [-0.39, 0.29) is 11.7 Å². The van der Waals surface area contributed by atoms with Crippen LogP contribution in [0.2, 0.25) is 0 Å². The van der Waals surface area contributed by atoms with Crippen molar-refractivity contribution in [2.75, 3.05) is 31.5 Å². The quantitative estimate of drug-likeness (QED) is 0.373. The first-order valence-electron chi connectivity index (χ1n) is 11.0. The fourth-order valence-corrected chi connectivity index (χ4v) is 4.27. The molecular formula is C25H25FN6O. The number of anilines is 1. The summed E-state index contributed by atoms with van der Waals surface area (Å²) in [4.78, 5) is 16.3. The second-order valence-corrected chi connectivity index (χ2v) is 8.22. The molecule has 0 aliphatic carbocycles. The number of benzene rings is 2. The Balaban J connectivity index is 1.42. The number of H-pyrrole nitrogens is 1. The summed E-state index contributed by atoms with van der Waals surface area (Å²) in [5.74, 6) is -0.437. The SMILES string of the molecule is Cc1cc(CNCCN2CCN=N2)c(C=C2C(=O)Nc3cccc(-c4ccc(F)cc4)c32)[nH]1. The van der Waals surface area contributed by atoms with Crippen molar-refractivity contribution in [3.63, 3.8) is 0 Å². The van der Waals surface area contributed by atoms with E-state index in [1.807, 2.05) is 36.2 Å². The van der Waals surface area contributed by atoms with E-state index in [0.29, 0.717) is 12.1 Å². The lowest BCUT2D eigenvalue weighted by Crippen LogP contribution is -2.27. The second kappa shape index (κ2) is 8.99. The first kappa shape index (κ1) is 21.1. The summed E-state index contributed by atoms with van der Waals surface area (Å²) < 4.78 is 13.5. The van der Waals surface area contributed by atoms with Gasteiger partial charge in [0, 0.05) is 35.7 Å². The van der Waals surface area contributed by atoms with Gasteiger partial charge in [-0.15, -0.1) is 0 Å². The maximum absolute atomic E-state index is 13.5. The molecule has 33 heavy (non-hydrogen) atoms.